The van der Waals surface area contributed by atoms with Crippen molar-refractivity contribution < 1.29 is 14.3 Å². The quantitative estimate of drug-likeness (QED) is 0.485. The lowest BCUT2D eigenvalue weighted by Gasteiger charge is -2.10. The number of nitrogens with zero attached hydrogens (tertiary/aromatic N) is 2. The van der Waals surface area contributed by atoms with Gasteiger partial charge in [0.1, 0.15) is 17.2 Å². The molecule has 1 amide bonds. The molecule has 31 heavy (non-hydrogen) atoms. The van der Waals surface area contributed by atoms with Gasteiger partial charge in [0.15, 0.2) is 0 Å². The van der Waals surface area contributed by atoms with Gasteiger partial charge in [0.25, 0.3) is 5.91 Å². The molecule has 0 aliphatic heterocycles. The highest BCUT2D eigenvalue weighted by Gasteiger charge is 2.22. The van der Waals surface area contributed by atoms with Gasteiger partial charge < -0.3 is 14.8 Å². The monoisotopic (exact) mass is 413 g/mol. The number of para-hydroxylation sites is 1. The number of carbonyl (C=O) groups is 1. The Kier molecular flexibility index (Phi) is 5.98. The van der Waals surface area contributed by atoms with E-state index in [-0.39, 0.29) is 5.91 Å². The molecule has 6 heteroatoms. The van der Waals surface area contributed by atoms with Crippen molar-refractivity contribution in [2.75, 3.05) is 14.2 Å². The smallest absolute Gasteiger partial charge is 0.255 e. The predicted octanol–water partition coefficient (Wildman–Crippen LogP) is 4.49. The molecule has 0 atom stereocenters. The highest BCUT2D eigenvalue weighted by atomic mass is 16.5. The Morgan fingerprint density at radius 3 is 2.32 bits per heavy atom. The van der Waals surface area contributed by atoms with Gasteiger partial charge >= 0.3 is 0 Å². The fourth-order valence-electron chi connectivity index (χ4n) is 3.32. The Balaban J connectivity index is 1.76. The Labute approximate surface area is 181 Å². The number of amides is 1. The fraction of sp³-hybridized carbons (Fsp3) is 0.120. The van der Waals surface area contributed by atoms with Gasteiger partial charge in [-0.3, -0.25) is 4.79 Å². The summed E-state index contributed by atoms with van der Waals surface area (Å²) in [5, 5.41) is 7.72. The van der Waals surface area contributed by atoms with Crippen LogP contribution in [0.4, 0.5) is 0 Å². The molecular formula is C25H23N3O3. The average Bonchev–Trinajstić information content (AvgIpc) is 3.29. The lowest BCUT2D eigenvalue weighted by atomic mass is 10.1. The van der Waals surface area contributed by atoms with E-state index in [0.717, 1.165) is 11.3 Å². The van der Waals surface area contributed by atoms with Gasteiger partial charge in [-0.2, -0.15) is 5.10 Å². The summed E-state index contributed by atoms with van der Waals surface area (Å²) in [5.41, 5.74) is 3.53. The van der Waals surface area contributed by atoms with Crippen LogP contribution in [-0.2, 0) is 6.54 Å². The van der Waals surface area contributed by atoms with Crippen molar-refractivity contribution in [1.29, 1.82) is 0 Å². The molecular weight excluding hydrogens is 390 g/mol. The summed E-state index contributed by atoms with van der Waals surface area (Å²) in [7, 11) is 3.19. The maximum atomic E-state index is 13.2. The number of methoxy groups -OCH3 is 2. The number of hydrogen-bond acceptors (Lipinski definition) is 4. The van der Waals surface area contributed by atoms with E-state index < -0.39 is 0 Å². The molecule has 0 unspecified atom stereocenters. The van der Waals surface area contributed by atoms with Crippen LogP contribution in [0.3, 0.4) is 0 Å². The molecule has 0 radical (unpaired) electrons. The molecule has 1 aromatic heterocycles. The zero-order valence-corrected chi connectivity index (χ0v) is 17.4. The van der Waals surface area contributed by atoms with Gasteiger partial charge in [0, 0.05) is 18.3 Å². The molecule has 0 saturated carbocycles. The first-order valence-corrected chi connectivity index (χ1v) is 9.89. The summed E-state index contributed by atoms with van der Waals surface area (Å²) in [6, 6.07) is 24.9. The SMILES string of the molecule is COc1ccc(OC)c(-c2nn(-c3ccccc3)cc2C(=O)NCc2ccccc2)c1. The van der Waals surface area contributed by atoms with E-state index >= 15 is 0 Å². The Bertz CT molecular complexity index is 1170. The summed E-state index contributed by atoms with van der Waals surface area (Å²) < 4.78 is 12.6. The molecule has 1 N–H and O–H groups in total. The van der Waals surface area contributed by atoms with Gasteiger partial charge in [-0.25, -0.2) is 4.68 Å². The normalized spacial score (nSPS) is 10.5. The van der Waals surface area contributed by atoms with Crippen molar-refractivity contribution in [3.8, 4) is 28.4 Å². The molecule has 4 rings (SSSR count). The largest absolute Gasteiger partial charge is 0.497 e. The third-order valence-corrected chi connectivity index (χ3v) is 4.94. The standard InChI is InChI=1S/C25H23N3O3/c1-30-20-13-14-23(31-2)21(15-20)24-22(17-28(27-24)19-11-7-4-8-12-19)25(29)26-16-18-9-5-3-6-10-18/h3-15,17H,16H2,1-2H3,(H,26,29). The summed E-state index contributed by atoms with van der Waals surface area (Å²) >= 11 is 0. The van der Waals surface area contributed by atoms with Gasteiger partial charge in [-0.15, -0.1) is 0 Å². The molecule has 0 spiro atoms. The van der Waals surface area contributed by atoms with Crippen molar-refractivity contribution in [3.63, 3.8) is 0 Å². The maximum absolute atomic E-state index is 13.2. The van der Waals surface area contributed by atoms with E-state index in [0.29, 0.717) is 34.9 Å². The number of carbonyl (C=O) groups excluding carboxylic acids is 1. The minimum absolute atomic E-state index is 0.217. The second-order valence-corrected chi connectivity index (χ2v) is 6.91. The molecule has 0 fully saturated rings. The first-order chi connectivity index (χ1) is 15.2. The first-order valence-electron chi connectivity index (χ1n) is 9.89. The van der Waals surface area contributed by atoms with Crippen LogP contribution in [0.15, 0.2) is 85.1 Å². The predicted molar refractivity (Wildman–Crippen MR) is 120 cm³/mol. The van der Waals surface area contributed by atoms with Crippen molar-refractivity contribution >= 4 is 5.91 Å². The number of nitrogens with one attached hydrogen (secondary N) is 1. The highest BCUT2D eigenvalue weighted by molar-refractivity contribution is 6.00. The van der Waals surface area contributed by atoms with E-state index in [4.69, 9.17) is 14.6 Å². The Morgan fingerprint density at radius 2 is 1.65 bits per heavy atom. The second-order valence-electron chi connectivity index (χ2n) is 6.91. The van der Waals surface area contributed by atoms with Crippen LogP contribution in [0, 0.1) is 0 Å². The number of ether oxygens (including phenoxy) is 2. The minimum Gasteiger partial charge on any atom is -0.497 e. The fourth-order valence-corrected chi connectivity index (χ4v) is 3.32. The topological polar surface area (TPSA) is 65.4 Å². The molecule has 3 aromatic carbocycles. The molecule has 6 nitrogen and oxygen atoms in total. The van der Waals surface area contributed by atoms with Crippen LogP contribution >= 0.6 is 0 Å². The van der Waals surface area contributed by atoms with Crippen LogP contribution in [0.2, 0.25) is 0 Å². The van der Waals surface area contributed by atoms with Crippen molar-refractivity contribution in [1.82, 2.24) is 15.1 Å². The molecule has 0 bridgehead atoms. The van der Waals surface area contributed by atoms with Crippen molar-refractivity contribution in [2.24, 2.45) is 0 Å². The first kappa shape index (κ1) is 20.2. The van der Waals surface area contributed by atoms with Crippen LogP contribution in [0.25, 0.3) is 16.9 Å². The molecule has 0 saturated heterocycles. The second kappa shape index (κ2) is 9.17. The van der Waals surface area contributed by atoms with Crippen molar-refractivity contribution in [2.45, 2.75) is 6.54 Å². The van der Waals surface area contributed by atoms with Gasteiger partial charge in [0.05, 0.1) is 25.5 Å². The number of hydrogen-bond donors (Lipinski definition) is 1. The molecule has 4 aromatic rings. The zero-order chi connectivity index (χ0) is 21.6. The maximum Gasteiger partial charge on any atom is 0.255 e. The van der Waals surface area contributed by atoms with Crippen molar-refractivity contribution in [3.05, 3.63) is 96.2 Å². The number of rotatable bonds is 7. The van der Waals surface area contributed by atoms with Gasteiger partial charge in [0.2, 0.25) is 0 Å². The Morgan fingerprint density at radius 1 is 0.935 bits per heavy atom. The van der Waals surface area contributed by atoms with Crippen LogP contribution in [-0.4, -0.2) is 29.9 Å². The molecule has 0 aliphatic carbocycles. The van der Waals surface area contributed by atoms with Crippen LogP contribution < -0.4 is 14.8 Å². The molecule has 0 aliphatic rings. The van der Waals surface area contributed by atoms with E-state index in [1.54, 1.807) is 31.2 Å². The van der Waals surface area contributed by atoms with Gasteiger partial charge in [-0.1, -0.05) is 48.5 Å². The third kappa shape index (κ3) is 4.43. The highest BCUT2D eigenvalue weighted by Crippen LogP contribution is 2.35. The average molecular weight is 413 g/mol. The number of aromatic nitrogens is 2. The zero-order valence-electron chi connectivity index (χ0n) is 17.4. The lowest BCUT2D eigenvalue weighted by Crippen LogP contribution is -2.23. The van der Waals surface area contributed by atoms with Gasteiger partial charge in [-0.05, 0) is 35.9 Å². The van der Waals surface area contributed by atoms with E-state index in [1.807, 2.05) is 72.8 Å². The third-order valence-electron chi connectivity index (χ3n) is 4.94. The summed E-state index contributed by atoms with van der Waals surface area (Å²) in [4.78, 5) is 13.2. The summed E-state index contributed by atoms with van der Waals surface area (Å²) in [5.74, 6) is 1.04. The van der Waals surface area contributed by atoms with Crippen LogP contribution in [0.5, 0.6) is 11.5 Å². The summed E-state index contributed by atoms with van der Waals surface area (Å²) in [6.07, 6.45) is 1.74. The Hall–Kier alpha value is -4.06. The van der Waals surface area contributed by atoms with E-state index in [9.17, 15) is 4.79 Å². The van der Waals surface area contributed by atoms with E-state index in [1.165, 1.54) is 0 Å². The van der Waals surface area contributed by atoms with E-state index in [2.05, 4.69) is 5.32 Å². The van der Waals surface area contributed by atoms with Crippen LogP contribution in [0.1, 0.15) is 15.9 Å². The number of benzene rings is 3. The molecule has 1 heterocycles. The summed E-state index contributed by atoms with van der Waals surface area (Å²) in [6.45, 7) is 0.422. The molecule has 156 valence electrons. The lowest BCUT2D eigenvalue weighted by molar-refractivity contribution is 0.0951. The minimum atomic E-state index is -0.217.